The van der Waals surface area contributed by atoms with Crippen LogP contribution in [0.4, 0.5) is 13.2 Å². The minimum Gasteiger partial charge on any atom is -0.470 e. The molecule has 13 heteroatoms. The number of nitrogens with one attached hydrogen (secondary N) is 2. The number of fused-ring (bicyclic) bond motifs is 1. The fourth-order valence-electron chi connectivity index (χ4n) is 4.22. The molecule has 0 spiro atoms. The zero-order valence-corrected chi connectivity index (χ0v) is 21.4. The number of pyridine rings is 1. The lowest BCUT2D eigenvalue weighted by Crippen LogP contribution is -4.09. The zero-order valence-electron chi connectivity index (χ0n) is 19.3. The highest BCUT2D eigenvalue weighted by molar-refractivity contribution is 5.92. The Morgan fingerprint density at radius 3 is 2.69 bits per heavy atom. The van der Waals surface area contributed by atoms with Crippen LogP contribution in [0.25, 0.3) is 22.2 Å². The van der Waals surface area contributed by atoms with Gasteiger partial charge in [-0.25, -0.2) is 0 Å². The van der Waals surface area contributed by atoms with Gasteiger partial charge in [-0.2, -0.15) is 41.3 Å². The van der Waals surface area contributed by atoms with Crippen molar-refractivity contribution < 1.29 is 40.5 Å². The van der Waals surface area contributed by atoms with Crippen LogP contribution in [0.1, 0.15) is 17.1 Å². The molecule has 0 saturated carbocycles. The Bertz CT molecular complexity index is 1490. The predicted octanol–water partition coefficient (Wildman–Crippen LogP) is -0.755. The molecule has 1 atom stereocenters. The number of ether oxygens (including phenoxy) is 1. The first-order valence-electron chi connectivity index (χ1n) is 10.7. The van der Waals surface area contributed by atoms with Crippen molar-refractivity contribution in [3.8, 4) is 21.6 Å². The van der Waals surface area contributed by atoms with Crippen LogP contribution < -0.4 is 22.7 Å². The normalized spacial score (nSPS) is 16.9. The van der Waals surface area contributed by atoms with Gasteiger partial charge in [-0.1, -0.05) is 18.2 Å². The molecule has 1 aliphatic heterocycles. The maximum Gasteiger partial charge on any atom is 0.433 e. The third-order valence-corrected chi connectivity index (χ3v) is 11.0. The molecule has 1 saturated heterocycles. The largest absolute Gasteiger partial charge is 0.470 e. The van der Waals surface area contributed by atoms with E-state index in [4.69, 9.17) is 11.2 Å². The molecule has 4 aromatic rings. The molecule has 36 heavy (non-hydrogen) atoms. The first-order valence-corrected chi connectivity index (χ1v) is 14.9. The summed E-state index contributed by atoms with van der Waals surface area (Å²) in [5, 5.41) is 15.4. The third-order valence-electron chi connectivity index (χ3n) is 6.30. The Hall–Kier alpha value is -3.06. The number of alkyl halides is 3. The first-order chi connectivity index (χ1) is 17.1. The summed E-state index contributed by atoms with van der Waals surface area (Å²) in [5.74, 6) is 0.798. The molecule has 4 heterocycles. The number of hydrogen-bond acceptors (Lipinski definition) is 7. The molecule has 1 aliphatic rings. The summed E-state index contributed by atoms with van der Waals surface area (Å²) in [6.45, 7) is 0.948. The average Bonchev–Trinajstić information content (AvgIpc) is 3.45. The van der Waals surface area contributed by atoms with Gasteiger partial charge in [-0.3, -0.25) is 10.1 Å². The van der Waals surface area contributed by atoms with Crippen LogP contribution in [0.5, 0.6) is 0 Å². The van der Waals surface area contributed by atoms with E-state index in [1.165, 1.54) is 7.05 Å². The highest BCUT2D eigenvalue weighted by atomic mass is 127. The summed E-state index contributed by atoms with van der Waals surface area (Å²) in [4.78, 5) is 3.72. The molecule has 3 aromatic heterocycles. The van der Waals surface area contributed by atoms with E-state index in [2.05, 4.69) is 32.8 Å². The van der Waals surface area contributed by atoms with Crippen LogP contribution >= 0.6 is 0 Å². The highest BCUT2D eigenvalue weighted by Crippen LogP contribution is 2.38. The molecule has 0 unspecified atom stereocenters. The number of aromatic nitrogens is 6. The Labute approximate surface area is 208 Å². The van der Waals surface area contributed by atoms with Crippen LogP contribution in [0.2, 0.25) is 0 Å². The standard InChI is InChI=1S/C23H22F3IN7O2/c1-4-27(35,28-2)21-20-16(9-17(30-21)23(24,25)26)19(32-33-20)14-6-5-7-15(8-14)22(11-36-12-22)10-18-31-29-13-34(18)3/h1,5-9,13,28,35H,10-12H2,2-3H3,(H,32,33)/q-1. The van der Waals surface area contributed by atoms with E-state index in [-0.39, 0.29) is 20.0 Å². The number of benzene rings is 1. The lowest BCUT2D eigenvalue weighted by atomic mass is 9.75. The van der Waals surface area contributed by atoms with E-state index in [1.807, 2.05) is 29.8 Å². The van der Waals surface area contributed by atoms with E-state index in [1.54, 1.807) is 12.4 Å². The maximum absolute atomic E-state index is 13.8. The van der Waals surface area contributed by atoms with Crippen LogP contribution in [0, 0.1) is 14.1 Å². The Morgan fingerprint density at radius 2 is 2.11 bits per heavy atom. The number of aromatic amines is 1. The predicted molar refractivity (Wildman–Crippen MR) is 120 cm³/mol. The molecule has 0 radical (unpaired) electrons. The molecule has 0 aliphatic carbocycles. The lowest BCUT2D eigenvalue weighted by molar-refractivity contribution is -1.24. The number of H-pyrrole nitrogens is 1. The number of hydrogen-bond donors (Lipinski definition) is 3. The zero-order chi connectivity index (χ0) is 25.7. The van der Waals surface area contributed by atoms with Crippen molar-refractivity contribution in [1.29, 1.82) is 0 Å². The number of nitrogens with zero attached hydrogens (tertiary/aromatic N) is 5. The van der Waals surface area contributed by atoms with E-state index < -0.39 is 31.0 Å². The second-order valence-corrected chi connectivity index (χ2v) is 14.3. The molecular formula is C23H22F3IN7O2-. The molecule has 3 N–H and O–H groups in total. The van der Waals surface area contributed by atoms with Crippen molar-refractivity contribution in [3.05, 3.63) is 57.4 Å². The maximum atomic E-state index is 13.8. The second-order valence-electron chi connectivity index (χ2n) is 8.51. The van der Waals surface area contributed by atoms with Crippen LogP contribution in [-0.4, -0.2) is 53.6 Å². The molecule has 190 valence electrons. The summed E-state index contributed by atoms with van der Waals surface area (Å²) >= 11 is -4.46. The summed E-state index contributed by atoms with van der Waals surface area (Å²) in [6, 6.07) is 8.39. The van der Waals surface area contributed by atoms with Crippen molar-refractivity contribution in [2.24, 2.45) is 7.05 Å². The van der Waals surface area contributed by atoms with Gasteiger partial charge >= 0.3 is 6.18 Å². The number of terminal acetylenes is 1. The third kappa shape index (κ3) is 4.03. The van der Waals surface area contributed by atoms with Crippen molar-refractivity contribution >= 4 is 10.9 Å². The van der Waals surface area contributed by atoms with Gasteiger partial charge in [0.1, 0.15) is 17.8 Å². The molecular weight excluding hydrogens is 590 g/mol. The summed E-state index contributed by atoms with van der Waals surface area (Å²) in [5.41, 5.74) is 0.527. The number of rotatable bonds is 6. The minimum atomic E-state index is -4.74. The van der Waals surface area contributed by atoms with E-state index in [0.29, 0.717) is 30.9 Å². The van der Waals surface area contributed by atoms with Gasteiger partial charge in [0.15, 0.2) is 0 Å². The number of halogens is 4. The van der Waals surface area contributed by atoms with Crippen molar-refractivity contribution in [1.82, 2.24) is 33.5 Å². The Morgan fingerprint density at radius 1 is 1.33 bits per heavy atom. The molecule has 9 nitrogen and oxygen atoms in total. The molecule has 0 bridgehead atoms. The second kappa shape index (κ2) is 8.80. The quantitative estimate of drug-likeness (QED) is 0.114. The van der Waals surface area contributed by atoms with Crippen LogP contribution in [0.15, 0.2) is 36.7 Å². The molecule has 1 aromatic carbocycles. The van der Waals surface area contributed by atoms with E-state index >= 15 is 0 Å². The van der Waals surface area contributed by atoms with E-state index in [9.17, 15) is 16.6 Å². The van der Waals surface area contributed by atoms with Crippen LogP contribution in [-0.2, 0) is 29.8 Å². The molecule has 5 rings (SSSR count). The van der Waals surface area contributed by atoms with E-state index in [0.717, 1.165) is 17.5 Å². The van der Waals surface area contributed by atoms with Gasteiger partial charge in [-0.15, -0.1) is 16.6 Å². The van der Waals surface area contributed by atoms with Gasteiger partial charge in [0.05, 0.1) is 24.4 Å². The summed E-state index contributed by atoms with van der Waals surface area (Å²) < 4.78 is 64.3. The fraction of sp³-hybridized carbons (Fsp3) is 0.304. The van der Waals surface area contributed by atoms with Gasteiger partial charge in [0, 0.05) is 33.5 Å². The molecule has 1 fully saturated rings. The summed E-state index contributed by atoms with van der Waals surface area (Å²) in [6.07, 6.45) is 2.99. The topological polar surface area (TPSA) is 114 Å². The van der Waals surface area contributed by atoms with Gasteiger partial charge < -0.3 is 16.3 Å². The average molecular weight is 612 g/mol. The SMILES string of the molecule is C#C[I@-](O)(NC)c1nc(C(F)(F)F)cc2c(-c3cccc(C4(Cc5nncn5C)COC4)c3)n[nH]c12. The minimum absolute atomic E-state index is 0.171. The van der Waals surface area contributed by atoms with Gasteiger partial charge in [-0.05, 0) is 24.7 Å². The summed E-state index contributed by atoms with van der Waals surface area (Å²) in [7, 11) is 3.27. The monoisotopic (exact) mass is 612 g/mol. The Kier molecular flexibility index (Phi) is 6.02. The molecule has 0 amide bonds. The van der Waals surface area contributed by atoms with Crippen LogP contribution in [0.3, 0.4) is 0 Å². The van der Waals surface area contributed by atoms with Crippen molar-refractivity contribution in [2.75, 3.05) is 20.3 Å². The smallest absolute Gasteiger partial charge is 0.433 e. The highest BCUT2D eigenvalue weighted by Gasteiger charge is 2.42. The lowest BCUT2D eigenvalue weighted by Gasteiger charge is -2.42. The Balaban J connectivity index is 1.65. The van der Waals surface area contributed by atoms with Crippen molar-refractivity contribution in [2.45, 2.75) is 18.0 Å². The fourth-order valence-corrected chi connectivity index (χ4v) is 7.14. The van der Waals surface area contributed by atoms with Crippen molar-refractivity contribution in [3.63, 3.8) is 0 Å². The van der Waals surface area contributed by atoms with Gasteiger partial charge in [0.2, 0.25) is 0 Å². The number of aryl methyl sites for hydroxylation is 1. The van der Waals surface area contributed by atoms with Gasteiger partial charge in [0.25, 0.3) is 0 Å². The first kappa shape index (κ1) is 24.6.